The van der Waals surface area contributed by atoms with E-state index in [0.29, 0.717) is 12.8 Å². The van der Waals surface area contributed by atoms with Crippen molar-refractivity contribution in [2.24, 2.45) is 5.92 Å². The summed E-state index contributed by atoms with van der Waals surface area (Å²) in [5.74, 6) is -2.52. The molecule has 1 saturated heterocycles. The number of likely N-dealkylation sites (tertiary alicyclic amines) is 1. The van der Waals surface area contributed by atoms with Crippen molar-refractivity contribution in [3.05, 3.63) is 58.4 Å². The second-order valence-corrected chi connectivity index (χ2v) is 11.4. The molecule has 182 valence electrons. The van der Waals surface area contributed by atoms with E-state index in [0.717, 1.165) is 37.4 Å². The van der Waals surface area contributed by atoms with Crippen LogP contribution in [0.4, 0.5) is 8.78 Å². The number of rotatable bonds is 6. The summed E-state index contributed by atoms with van der Waals surface area (Å²) in [6.45, 7) is 1.80. The number of hydrogen-bond donors (Lipinski definition) is 1. The van der Waals surface area contributed by atoms with Crippen molar-refractivity contribution in [2.75, 3.05) is 6.26 Å². The number of hydrogen-bond acceptors (Lipinski definition) is 5. The lowest BCUT2D eigenvalue weighted by atomic mass is 10.0. The third-order valence-corrected chi connectivity index (χ3v) is 7.73. The zero-order valence-electron chi connectivity index (χ0n) is 18.6. The summed E-state index contributed by atoms with van der Waals surface area (Å²) in [7, 11) is -3.57. The maximum Gasteiger partial charge on any atom is 0.256 e. The molecule has 4 rings (SSSR count). The fraction of sp³-hybridized carbons (Fsp3) is 0.435. The lowest BCUT2D eigenvalue weighted by molar-refractivity contribution is -0.126. The zero-order valence-corrected chi connectivity index (χ0v) is 20.2. The molecule has 2 heterocycles. The van der Waals surface area contributed by atoms with Crippen LogP contribution in [-0.4, -0.2) is 48.5 Å². The molecule has 11 heteroatoms. The predicted octanol–water partition coefficient (Wildman–Crippen LogP) is 3.68. The Hall–Kier alpha value is -2.59. The molecule has 34 heavy (non-hydrogen) atoms. The molecule has 1 saturated carbocycles. The highest BCUT2D eigenvalue weighted by Crippen LogP contribution is 2.43. The smallest absolute Gasteiger partial charge is 0.256 e. The molecule has 2 fully saturated rings. The molecule has 2 amide bonds. The van der Waals surface area contributed by atoms with E-state index in [1.54, 1.807) is 6.92 Å². The van der Waals surface area contributed by atoms with Gasteiger partial charge < -0.3 is 10.2 Å². The summed E-state index contributed by atoms with van der Waals surface area (Å²) in [4.78, 5) is 31.7. The Kier molecular flexibility index (Phi) is 6.65. The largest absolute Gasteiger partial charge is 0.347 e. The summed E-state index contributed by atoms with van der Waals surface area (Å²) < 4.78 is 52.4. The van der Waals surface area contributed by atoms with Crippen LogP contribution in [0.3, 0.4) is 0 Å². The number of carbonyl (C=O) groups is 2. The van der Waals surface area contributed by atoms with Crippen LogP contribution >= 0.6 is 11.6 Å². The van der Waals surface area contributed by atoms with Gasteiger partial charge in [-0.25, -0.2) is 17.2 Å². The Balaban J connectivity index is 1.59. The SMILES string of the molecule is C[C@@H]1CC[C@H](C(=O)N[C@@H](c2cc(F)c(Cl)cc2F)C2CC2)N1C(=O)c1cncc(S(C)(=O)=O)c1. The average Bonchev–Trinajstić information content (AvgIpc) is 3.55. The van der Waals surface area contributed by atoms with Crippen molar-refractivity contribution in [2.45, 2.75) is 55.6 Å². The molecule has 1 aromatic carbocycles. The van der Waals surface area contributed by atoms with Gasteiger partial charge in [-0.05, 0) is 56.7 Å². The summed E-state index contributed by atoms with van der Waals surface area (Å²) >= 11 is 5.67. The standard InChI is InChI=1S/C23H24ClF2N3O4S/c1-12-3-6-20(29(12)23(31)14-7-15(11-27-10-14)34(2,32)33)22(30)28-21(13-4-5-13)16-8-19(26)17(24)9-18(16)25/h7-13,20-21H,3-6H2,1-2H3,(H,28,30)/t12-,20-,21-/m1/s1. The Bertz CT molecular complexity index is 1250. The van der Waals surface area contributed by atoms with Crippen molar-refractivity contribution in [3.8, 4) is 0 Å². The monoisotopic (exact) mass is 511 g/mol. The van der Waals surface area contributed by atoms with Crippen LogP contribution in [0.15, 0.2) is 35.5 Å². The van der Waals surface area contributed by atoms with Gasteiger partial charge in [-0.15, -0.1) is 0 Å². The number of benzene rings is 1. The lowest BCUT2D eigenvalue weighted by Gasteiger charge is -2.30. The van der Waals surface area contributed by atoms with Crippen molar-refractivity contribution < 1.29 is 26.8 Å². The normalized spacial score (nSPS) is 21.4. The van der Waals surface area contributed by atoms with Crippen molar-refractivity contribution in [3.63, 3.8) is 0 Å². The van der Waals surface area contributed by atoms with E-state index >= 15 is 0 Å². The quantitative estimate of drug-likeness (QED) is 0.597. The Morgan fingerprint density at radius 3 is 2.47 bits per heavy atom. The number of nitrogens with zero attached hydrogens (tertiary/aromatic N) is 2. The van der Waals surface area contributed by atoms with Gasteiger partial charge in [-0.2, -0.15) is 0 Å². The van der Waals surface area contributed by atoms with Gasteiger partial charge in [0.2, 0.25) is 5.91 Å². The minimum absolute atomic E-state index is 0.0201. The summed E-state index contributed by atoms with van der Waals surface area (Å²) in [5.41, 5.74) is 0.0748. The van der Waals surface area contributed by atoms with Gasteiger partial charge in [-0.1, -0.05) is 11.6 Å². The number of nitrogens with one attached hydrogen (secondary N) is 1. The van der Waals surface area contributed by atoms with E-state index < -0.39 is 45.4 Å². The maximum absolute atomic E-state index is 14.6. The molecule has 3 atom stereocenters. The first-order chi connectivity index (χ1) is 16.0. The minimum Gasteiger partial charge on any atom is -0.347 e. The van der Waals surface area contributed by atoms with Crippen molar-refractivity contribution in [1.29, 1.82) is 0 Å². The van der Waals surface area contributed by atoms with Crippen LogP contribution in [0.1, 0.15) is 54.6 Å². The van der Waals surface area contributed by atoms with Crippen LogP contribution < -0.4 is 5.32 Å². The molecule has 0 bridgehead atoms. The van der Waals surface area contributed by atoms with Gasteiger partial charge in [0, 0.05) is 30.3 Å². The molecular formula is C23H24ClF2N3O4S. The van der Waals surface area contributed by atoms with Gasteiger partial charge in [0.1, 0.15) is 17.7 Å². The van der Waals surface area contributed by atoms with Crippen LogP contribution in [0.25, 0.3) is 0 Å². The molecule has 0 spiro atoms. The van der Waals surface area contributed by atoms with Crippen molar-refractivity contribution >= 4 is 33.3 Å². The predicted molar refractivity (Wildman–Crippen MR) is 121 cm³/mol. The second-order valence-electron chi connectivity index (χ2n) is 8.95. The number of pyridine rings is 1. The first-order valence-corrected chi connectivity index (χ1v) is 13.2. The van der Waals surface area contributed by atoms with E-state index in [1.165, 1.54) is 17.2 Å². The van der Waals surface area contributed by atoms with Crippen LogP contribution in [0.2, 0.25) is 5.02 Å². The van der Waals surface area contributed by atoms with Crippen molar-refractivity contribution in [1.82, 2.24) is 15.2 Å². The number of aromatic nitrogens is 1. The average molecular weight is 512 g/mol. The fourth-order valence-corrected chi connectivity index (χ4v) is 5.12. The summed E-state index contributed by atoms with van der Waals surface area (Å²) in [6, 6.07) is 1.26. The van der Waals surface area contributed by atoms with E-state index in [9.17, 15) is 26.8 Å². The fourth-order valence-electron chi connectivity index (χ4n) is 4.38. The highest BCUT2D eigenvalue weighted by molar-refractivity contribution is 7.90. The molecule has 1 aliphatic heterocycles. The Morgan fingerprint density at radius 1 is 1.12 bits per heavy atom. The molecule has 0 unspecified atom stereocenters. The van der Waals surface area contributed by atoms with Gasteiger partial charge in [0.15, 0.2) is 9.84 Å². The first kappa shape index (κ1) is 24.5. The van der Waals surface area contributed by atoms with Gasteiger partial charge in [0.05, 0.1) is 21.5 Å². The van der Waals surface area contributed by atoms with E-state index in [-0.39, 0.29) is 33.0 Å². The highest BCUT2D eigenvalue weighted by atomic mass is 35.5. The molecule has 0 radical (unpaired) electrons. The Labute approximate surface area is 201 Å². The third-order valence-electron chi connectivity index (χ3n) is 6.36. The molecule has 2 aromatic rings. The van der Waals surface area contributed by atoms with Gasteiger partial charge >= 0.3 is 0 Å². The first-order valence-electron chi connectivity index (χ1n) is 10.9. The van der Waals surface area contributed by atoms with E-state index in [4.69, 9.17) is 11.6 Å². The number of amides is 2. The van der Waals surface area contributed by atoms with Crippen LogP contribution in [0, 0.1) is 17.6 Å². The molecule has 1 aliphatic carbocycles. The maximum atomic E-state index is 14.6. The Morgan fingerprint density at radius 2 is 1.82 bits per heavy atom. The summed E-state index contributed by atoms with van der Waals surface area (Å²) in [6.07, 6.45) is 5.88. The third kappa shape index (κ3) is 4.93. The molecule has 7 nitrogen and oxygen atoms in total. The second kappa shape index (κ2) is 9.22. The number of sulfone groups is 1. The van der Waals surface area contributed by atoms with Gasteiger partial charge in [-0.3, -0.25) is 14.6 Å². The molecule has 1 aromatic heterocycles. The van der Waals surface area contributed by atoms with Crippen LogP contribution in [0.5, 0.6) is 0 Å². The van der Waals surface area contributed by atoms with Gasteiger partial charge in [0.25, 0.3) is 5.91 Å². The number of carbonyl (C=O) groups excluding carboxylic acids is 2. The zero-order chi connectivity index (χ0) is 24.8. The number of halogens is 3. The van der Waals surface area contributed by atoms with Crippen LogP contribution in [-0.2, 0) is 14.6 Å². The minimum atomic E-state index is -3.57. The summed E-state index contributed by atoms with van der Waals surface area (Å²) in [5, 5.41) is 2.48. The molecule has 2 aliphatic rings. The topological polar surface area (TPSA) is 96.4 Å². The highest BCUT2D eigenvalue weighted by Gasteiger charge is 2.42. The van der Waals surface area contributed by atoms with E-state index in [2.05, 4.69) is 10.3 Å². The molecular weight excluding hydrogens is 488 g/mol. The lowest BCUT2D eigenvalue weighted by Crippen LogP contribution is -2.49. The van der Waals surface area contributed by atoms with E-state index in [1.807, 2.05) is 0 Å². The molecule has 1 N–H and O–H groups in total.